The Labute approximate surface area is 277 Å². The van der Waals surface area contributed by atoms with Crippen LogP contribution in [0.4, 0.5) is 0 Å². The number of aryl methyl sites for hydroxylation is 2. The molecule has 8 atom stereocenters. The third kappa shape index (κ3) is 5.60. The predicted molar refractivity (Wildman–Crippen MR) is 187 cm³/mol. The standard InChI is InChI=1S/C43H54O3/c1-26(2)39(44)21-12-29(5)35-19-20-36-34-18-17-33-24-32(40(45)30-13-8-27(3)9-14-30)25-38(41(46)31-15-10-28(4)11-16-31)43(33,7)37(34)22-23-42(35,36)6/h8-11,13-18,26,29,32,35-38H,12,19-25H2,1-7H3/t29-,32-,35-,36+,37+,38-,42-,43+/m1/s1. The molecule has 0 spiro atoms. The minimum atomic E-state index is -0.301. The van der Waals surface area contributed by atoms with Crippen molar-refractivity contribution < 1.29 is 14.4 Å². The van der Waals surface area contributed by atoms with Crippen LogP contribution < -0.4 is 0 Å². The lowest BCUT2D eigenvalue weighted by molar-refractivity contribution is -0.122. The average molecular weight is 619 g/mol. The van der Waals surface area contributed by atoms with E-state index in [0.29, 0.717) is 42.3 Å². The van der Waals surface area contributed by atoms with Gasteiger partial charge in [0.15, 0.2) is 11.6 Å². The zero-order chi connectivity index (χ0) is 33.0. The van der Waals surface area contributed by atoms with E-state index in [-0.39, 0.29) is 40.2 Å². The van der Waals surface area contributed by atoms with Crippen LogP contribution in [0.3, 0.4) is 0 Å². The zero-order valence-electron chi connectivity index (χ0n) is 29.2. The molecule has 0 aliphatic heterocycles. The molecule has 3 fully saturated rings. The Balaban J connectivity index is 1.33. The molecule has 0 unspecified atom stereocenters. The molecule has 3 saturated carbocycles. The number of hydrogen-bond acceptors (Lipinski definition) is 3. The maximum atomic E-state index is 14.6. The Morgan fingerprint density at radius 1 is 0.783 bits per heavy atom. The van der Waals surface area contributed by atoms with Crippen LogP contribution in [-0.4, -0.2) is 17.3 Å². The Bertz CT molecular complexity index is 1560. The van der Waals surface area contributed by atoms with Gasteiger partial charge in [-0.1, -0.05) is 118 Å². The molecule has 0 N–H and O–H groups in total. The number of allylic oxidation sites excluding steroid dienone is 4. The number of Topliss-reactive ketones (excluding diaryl/α,β-unsaturated/α-hetero) is 3. The Kier molecular flexibility index (Phi) is 8.94. The highest BCUT2D eigenvalue weighted by Crippen LogP contribution is 2.67. The smallest absolute Gasteiger partial charge is 0.166 e. The third-order valence-electron chi connectivity index (χ3n) is 13.3. The summed E-state index contributed by atoms with van der Waals surface area (Å²) in [6.07, 6.45) is 12.4. The maximum absolute atomic E-state index is 14.6. The van der Waals surface area contributed by atoms with Gasteiger partial charge < -0.3 is 0 Å². The second-order valence-corrected chi connectivity index (χ2v) is 16.3. The zero-order valence-corrected chi connectivity index (χ0v) is 29.2. The normalized spacial score (nSPS) is 32.5. The predicted octanol–water partition coefficient (Wildman–Crippen LogP) is 10.4. The lowest BCUT2D eigenvalue weighted by Gasteiger charge is -2.57. The van der Waals surface area contributed by atoms with Gasteiger partial charge in [0, 0.05) is 40.7 Å². The van der Waals surface area contributed by atoms with E-state index >= 15 is 0 Å². The van der Waals surface area contributed by atoms with Crippen molar-refractivity contribution in [1.82, 2.24) is 0 Å². The van der Waals surface area contributed by atoms with Crippen LogP contribution in [-0.2, 0) is 4.79 Å². The van der Waals surface area contributed by atoms with Crippen molar-refractivity contribution in [2.75, 3.05) is 0 Å². The van der Waals surface area contributed by atoms with Crippen molar-refractivity contribution in [3.8, 4) is 0 Å². The lowest BCUT2D eigenvalue weighted by atomic mass is 9.46. The summed E-state index contributed by atoms with van der Waals surface area (Å²) >= 11 is 0. The van der Waals surface area contributed by atoms with E-state index < -0.39 is 0 Å². The summed E-state index contributed by atoms with van der Waals surface area (Å²) in [5, 5.41) is 0. The van der Waals surface area contributed by atoms with Gasteiger partial charge in [-0.3, -0.25) is 14.4 Å². The molecule has 0 radical (unpaired) electrons. The van der Waals surface area contributed by atoms with E-state index in [4.69, 9.17) is 0 Å². The van der Waals surface area contributed by atoms with Crippen molar-refractivity contribution in [2.24, 2.45) is 52.3 Å². The molecule has 6 rings (SSSR count). The molecule has 0 heterocycles. The fourth-order valence-corrected chi connectivity index (χ4v) is 10.4. The minimum Gasteiger partial charge on any atom is -0.299 e. The largest absolute Gasteiger partial charge is 0.299 e. The lowest BCUT2D eigenvalue weighted by Crippen LogP contribution is -2.52. The van der Waals surface area contributed by atoms with E-state index in [1.807, 2.05) is 69.3 Å². The van der Waals surface area contributed by atoms with Gasteiger partial charge in [-0.25, -0.2) is 0 Å². The molecule has 2 aromatic rings. The third-order valence-corrected chi connectivity index (χ3v) is 13.3. The molecule has 2 aromatic carbocycles. The first-order chi connectivity index (χ1) is 21.8. The van der Waals surface area contributed by atoms with Gasteiger partial charge in [0.2, 0.25) is 0 Å². The van der Waals surface area contributed by atoms with Gasteiger partial charge in [-0.05, 0) is 87.9 Å². The number of benzene rings is 2. The van der Waals surface area contributed by atoms with Crippen molar-refractivity contribution in [2.45, 2.75) is 99.8 Å². The Morgan fingerprint density at radius 3 is 2.00 bits per heavy atom. The number of carbonyl (C=O) groups excluding carboxylic acids is 3. The summed E-state index contributed by atoms with van der Waals surface area (Å²) in [7, 11) is 0. The van der Waals surface area contributed by atoms with Crippen molar-refractivity contribution in [3.63, 3.8) is 0 Å². The summed E-state index contributed by atoms with van der Waals surface area (Å²) in [6.45, 7) is 15.4. The average Bonchev–Trinajstić information content (AvgIpc) is 3.40. The molecular formula is C43H54O3. The Morgan fingerprint density at radius 2 is 1.39 bits per heavy atom. The fourth-order valence-electron chi connectivity index (χ4n) is 10.4. The molecule has 244 valence electrons. The maximum Gasteiger partial charge on any atom is 0.166 e. The first-order valence-corrected chi connectivity index (χ1v) is 18.0. The highest BCUT2D eigenvalue weighted by atomic mass is 16.1. The Hall–Kier alpha value is -3.07. The van der Waals surface area contributed by atoms with Crippen LogP contribution in [0.5, 0.6) is 0 Å². The molecule has 0 bridgehead atoms. The molecule has 4 aliphatic rings. The summed E-state index contributed by atoms with van der Waals surface area (Å²) < 4.78 is 0. The molecule has 3 nitrogen and oxygen atoms in total. The van der Waals surface area contributed by atoms with Gasteiger partial charge in [-0.15, -0.1) is 0 Å². The molecule has 0 amide bonds. The first-order valence-electron chi connectivity index (χ1n) is 18.0. The number of fused-ring (bicyclic) bond motifs is 5. The highest BCUT2D eigenvalue weighted by molar-refractivity contribution is 6.01. The van der Waals surface area contributed by atoms with E-state index in [1.54, 1.807) is 5.57 Å². The summed E-state index contributed by atoms with van der Waals surface area (Å²) in [6, 6.07) is 16.0. The van der Waals surface area contributed by atoms with Crippen LogP contribution in [0, 0.1) is 66.1 Å². The van der Waals surface area contributed by atoms with E-state index in [2.05, 4.69) is 39.8 Å². The topological polar surface area (TPSA) is 51.2 Å². The second kappa shape index (κ2) is 12.5. The van der Waals surface area contributed by atoms with Crippen LogP contribution in [0.2, 0.25) is 0 Å². The monoisotopic (exact) mass is 618 g/mol. The fraction of sp³-hybridized carbons (Fsp3) is 0.558. The van der Waals surface area contributed by atoms with Gasteiger partial charge in [0.05, 0.1) is 0 Å². The van der Waals surface area contributed by atoms with Gasteiger partial charge in [-0.2, -0.15) is 0 Å². The van der Waals surface area contributed by atoms with Crippen LogP contribution in [0.15, 0.2) is 71.8 Å². The van der Waals surface area contributed by atoms with Crippen LogP contribution >= 0.6 is 0 Å². The van der Waals surface area contributed by atoms with E-state index in [9.17, 15) is 14.4 Å². The SMILES string of the molecule is Cc1ccc(C(=O)[C@@H]2CC3=CC=C4[C@@H]5CC[C@H]([C@H](C)CCC(=O)C(C)C)[C@@]5(C)CC[C@@H]4[C@@]3(C)[C@@H](C(=O)c3ccc(C)cc3)C2)cc1. The second-order valence-electron chi connectivity index (χ2n) is 16.3. The number of rotatable bonds is 9. The molecule has 3 heteroatoms. The van der Waals surface area contributed by atoms with Crippen LogP contribution in [0.25, 0.3) is 0 Å². The summed E-state index contributed by atoms with van der Waals surface area (Å²) in [5.74, 6) is 2.38. The van der Waals surface area contributed by atoms with Crippen molar-refractivity contribution in [1.29, 1.82) is 0 Å². The molecular weight excluding hydrogens is 564 g/mol. The van der Waals surface area contributed by atoms with Gasteiger partial charge in [0.25, 0.3) is 0 Å². The van der Waals surface area contributed by atoms with Crippen molar-refractivity contribution in [3.05, 3.63) is 94.1 Å². The van der Waals surface area contributed by atoms with Crippen molar-refractivity contribution >= 4 is 17.3 Å². The molecule has 46 heavy (non-hydrogen) atoms. The number of hydrogen-bond donors (Lipinski definition) is 0. The van der Waals surface area contributed by atoms with E-state index in [1.165, 1.54) is 18.4 Å². The van der Waals surface area contributed by atoms with Gasteiger partial charge >= 0.3 is 0 Å². The molecule has 0 saturated heterocycles. The minimum absolute atomic E-state index is 0.113. The molecule has 4 aliphatic carbocycles. The number of carbonyl (C=O) groups is 3. The first kappa shape index (κ1) is 32.9. The van der Waals surface area contributed by atoms with Crippen LogP contribution in [0.1, 0.15) is 118 Å². The summed E-state index contributed by atoms with van der Waals surface area (Å²) in [5.41, 5.74) is 6.58. The van der Waals surface area contributed by atoms with E-state index in [0.717, 1.165) is 47.9 Å². The summed E-state index contributed by atoms with van der Waals surface area (Å²) in [4.78, 5) is 41.1. The quantitative estimate of drug-likeness (QED) is 0.263. The highest BCUT2D eigenvalue weighted by Gasteiger charge is 2.60. The molecule has 0 aromatic heterocycles. The number of ketones is 3. The van der Waals surface area contributed by atoms with Gasteiger partial charge in [0.1, 0.15) is 5.78 Å².